The summed E-state index contributed by atoms with van der Waals surface area (Å²) in [5.41, 5.74) is 1.92. The summed E-state index contributed by atoms with van der Waals surface area (Å²) in [5, 5.41) is 9.04. The van der Waals surface area contributed by atoms with Crippen LogP contribution in [0, 0.1) is 0 Å². The fraction of sp³-hybridized carbons (Fsp3) is 0.440. The zero-order valence-electron chi connectivity index (χ0n) is 18.8. The maximum Gasteiger partial charge on any atom is 0.262 e. The molecule has 1 atom stereocenters. The Balaban J connectivity index is 1.48. The third kappa shape index (κ3) is 5.22. The first-order valence-electron chi connectivity index (χ1n) is 11.4. The van der Waals surface area contributed by atoms with Gasteiger partial charge in [-0.3, -0.25) is 14.5 Å². The van der Waals surface area contributed by atoms with Gasteiger partial charge in [0.05, 0.1) is 4.88 Å². The first-order valence-corrected chi connectivity index (χ1v) is 12.2. The van der Waals surface area contributed by atoms with Gasteiger partial charge in [0.25, 0.3) is 5.91 Å². The van der Waals surface area contributed by atoms with E-state index in [0.717, 1.165) is 29.6 Å². The van der Waals surface area contributed by atoms with Crippen molar-refractivity contribution in [2.24, 2.45) is 0 Å². The van der Waals surface area contributed by atoms with Crippen LogP contribution >= 0.6 is 11.3 Å². The highest BCUT2D eigenvalue weighted by atomic mass is 32.1. The molecule has 3 aromatic rings. The number of nitrogens with one attached hydrogen (secondary N) is 3. The Morgan fingerprint density at radius 2 is 1.91 bits per heavy atom. The number of para-hydroxylation sites is 1. The molecule has 3 N–H and O–H groups in total. The molecule has 7 heteroatoms. The van der Waals surface area contributed by atoms with Crippen LogP contribution in [0.2, 0.25) is 0 Å². The van der Waals surface area contributed by atoms with Gasteiger partial charge in [-0.1, -0.05) is 30.7 Å². The molecule has 1 aromatic carbocycles. The van der Waals surface area contributed by atoms with Crippen LogP contribution in [0.5, 0.6) is 0 Å². The van der Waals surface area contributed by atoms with E-state index in [9.17, 15) is 9.59 Å². The van der Waals surface area contributed by atoms with E-state index in [1.54, 1.807) is 6.07 Å². The first kappa shape index (κ1) is 22.6. The minimum absolute atomic E-state index is 0.126. The lowest BCUT2D eigenvalue weighted by Gasteiger charge is -2.41. The molecule has 4 rings (SSSR count). The average molecular weight is 453 g/mol. The highest BCUT2D eigenvalue weighted by Crippen LogP contribution is 2.21. The molecule has 0 radical (unpaired) electrons. The molecule has 1 saturated heterocycles. The van der Waals surface area contributed by atoms with Crippen LogP contribution < -0.4 is 10.6 Å². The van der Waals surface area contributed by atoms with Gasteiger partial charge in [-0.15, -0.1) is 11.3 Å². The summed E-state index contributed by atoms with van der Waals surface area (Å²) in [6, 6.07) is 11.0. The van der Waals surface area contributed by atoms with Gasteiger partial charge >= 0.3 is 0 Å². The van der Waals surface area contributed by atoms with Gasteiger partial charge in [0.1, 0.15) is 6.04 Å². The lowest BCUT2D eigenvalue weighted by atomic mass is 9.98. The third-order valence-corrected chi connectivity index (χ3v) is 7.24. The van der Waals surface area contributed by atoms with Gasteiger partial charge in [0, 0.05) is 35.6 Å². The minimum atomic E-state index is -0.652. The molecule has 170 valence electrons. The molecule has 1 fully saturated rings. The van der Waals surface area contributed by atoms with Crippen LogP contribution in [0.15, 0.2) is 48.0 Å². The quantitative estimate of drug-likeness (QED) is 0.484. The molecule has 2 amide bonds. The smallest absolute Gasteiger partial charge is 0.262 e. The fourth-order valence-corrected chi connectivity index (χ4v) is 5.03. The zero-order valence-corrected chi connectivity index (χ0v) is 19.6. The van der Waals surface area contributed by atoms with E-state index in [0.29, 0.717) is 17.8 Å². The number of aromatic nitrogens is 1. The normalized spacial score (nSPS) is 16.1. The van der Waals surface area contributed by atoms with E-state index >= 15 is 0 Å². The van der Waals surface area contributed by atoms with E-state index < -0.39 is 6.04 Å². The molecule has 1 unspecified atom stereocenters. The monoisotopic (exact) mass is 452 g/mol. The Bertz CT molecular complexity index is 1050. The van der Waals surface area contributed by atoms with Crippen molar-refractivity contribution in [3.8, 4) is 0 Å². The third-order valence-electron chi connectivity index (χ3n) is 6.37. The second-order valence-corrected chi connectivity index (χ2v) is 10.1. The molecule has 3 heterocycles. The first-order chi connectivity index (χ1) is 15.4. The maximum absolute atomic E-state index is 13.3. The highest BCUT2D eigenvalue weighted by molar-refractivity contribution is 7.12. The Hall–Kier alpha value is -2.64. The Kier molecular flexibility index (Phi) is 6.96. The number of amides is 2. The second kappa shape index (κ2) is 9.88. The number of carbonyl (C=O) groups is 2. The number of H-pyrrole nitrogens is 1. The SMILES string of the molecule is CC(C)(CNC(=O)C(Cc1c[nH]c2ccccc12)NC(=O)c1cccs1)N1CCCCC1. The summed E-state index contributed by atoms with van der Waals surface area (Å²) in [7, 11) is 0. The topological polar surface area (TPSA) is 77.2 Å². The van der Waals surface area contributed by atoms with Crippen molar-refractivity contribution in [2.75, 3.05) is 19.6 Å². The number of aromatic amines is 1. The number of piperidine rings is 1. The van der Waals surface area contributed by atoms with Gasteiger partial charge in [0.2, 0.25) is 5.91 Å². The molecule has 32 heavy (non-hydrogen) atoms. The molecule has 6 nitrogen and oxygen atoms in total. The molecule has 1 aliphatic heterocycles. The number of carbonyl (C=O) groups excluding carboxylic acids is 2. The number of rotatable bonds is 8. The number of nitrogens with zero attached hydrogens (tertiary/aromatic N) is 1. The second-order valence-electron chi connectivity index (χ2n) is 9.14. The molecule has 0 aliphatic carbocycles. The Morgan fingerprint density at radius 1 is 1.12 bits per heavy atom. The van der Waals surface area contributed by atoms with Crippen LogP contribution in [0.1, 0.15) is 48.3 Å². The van der Waals surface area contributed by atoms with E-state index in [4.69, 9.17) is 0 Å². The number of likely N-dealkylation sites (tertiary alicyclic amines) is 1. The fourth-order valence-electron chi connectivity index (χ4n) is 4.40. The Labute approximate surface area is 193 Å². The van der Waals surface area contributed by atoms with Crippen molar-refractivity contribution in [3.63, 3.8) is 0 Å². The highest BCUT2D eigenvalue weighted by Gasteiger charge is 2.30. The lowest BCUT2D eigenvalue weighted by Crippen LogP contribution is -2.56. The van der Waals surface area contributed by atoms with Gasteiger partial charge in [0.15, 0.2) is 0 Å². The van der Waals surface area contributed by atoms with E-state index in [1.165, 1.54) is 30.6 Å². The zero-order chi connectivity index (χ0) is 22.6. The summed E-state index contributed by atoms with van der Waals surface area (Å²) in [4.78, 5) is 32.4. The predicted molar refractivity (Wildman–Crippen MR) is 130 cm³/mol. The standard InChI is InChI=1S/C25H32N4O2S/c1-25(2,29-12-6-3-7-13-29)17-27-23(30)21(28-24(31)22-11-8-14-32-22)15-18-16-26-20-10-5-4-9-19(18)20/h4-5,8-11,14,16,21,26H,3,6-7,12-13,15,17H2,1-2H3,(H,27,30)(H,28,31). The lowest BCUT2D eigenvalue weighted by molar-refractivity contribution is -0.123. The average Bonchev–Trinajstić information content (AvgIpc) is 3.48. The Morgan fingerprint density at radius 3 is 2.66 bits per heavy atom. The predicted octanol–water partition coefficient (Wildman–Crippen LogP) is 3.95. The number of hydrogen-bond donors (Lipinski definition) is 3. The maximum atomic E-state index is 13.3. The van der Waals surface area contributed by atoms with Gasteiger partial charge in [-0.25, -0.2) is 0 Å². The number of benzene rings is 1. The van der Waals surface area contributed by atoms with E-state index in [1.807, 2.05) is 41.9 Å². The van der Waals surface area contributed by atoms with Crippen molar-refractivity contribution >= 4 is 34.1 Å². The van der Waals surface area contributed by atoms with Crippen molar-refractivity contribution in [3.05, 3.63) is 58.4 Å². The van der Waals surface area contributed by atoms with Crippen LogP contribution in [-0.2, 0) is 11.2 Å². The largest absolute Gasteiger partial charge is 0.361 e. The van der Waals surface area contributed by atoms with Crippen molar-refractivity contribution in [1.82, 2.24) is 20.5 Å². The van der Waals surface area contributed by atoms with Gasteiger partial charge in [-0.05, 0) is 62.9 Å². The molecule has 1 aliphatic rings. The minimum Gasteiger partial charge on any atom is -0.361 e. The molecular weight excluding hydrogens is 420 g/mol. The summed E-state index contributed by atoms with van der Waals surface area (Å²) in [6.45, 7) is 7.04. The van der Waals surface area contributed by atoms with Crippen LogP contribution in [0.25, 0.3) is 10.9 Å². The van der Waals surface area contributed by atoms with E-state index in [2.05, 4.69) is 34.4 Å². The van der Waals surface area contributed by atoms with Gasteiger partial charge in [-0.2, -0.15) is 0 Å². The summed E-state index contributed by atoms with van der Waals surface area (Å²) in [6.07, 6.45) is 6.05. The summed E-state index contributed by atoms with van der Waals surface area (Å²) < 4.78 is 0. The molecular formula is C25H32N4O2S. The summed E-state index contributed by atoms with van der Waals surface area (Å²) in [5.74, 6) is -0.361. The molecule has 2 aromatic heterocycles. The van der Waals surface area contributed by atoms with Crippen LogP contribution in [0.3, 0.4) is 0 Å². The molecule has 0 bridgehead atoms. The van der Waals surface area contributed by atoms with Crippen molar-refractivity contribution < 1.29 is 9.59 Å². The number of fused-ring (bicyclic) bond motifs is 1. The van der Waals surface area contributed by atoms with Crippen LogP contribution in [0.4, 0.5) is 0 Å². The van der Waals surface area contributed by atoms with E-state index in [-0.39, 0.29) is 17.4 Å². The molecule has 0 saturated carbocycles. The number of hydrogen-bond acceptors (Lipinski definition) is 4. The van der Waals surface area contributed by atoms with Crippen LogP contribution in [-0.4, -0.2) is 52.9 Å². The molecule has 0 spiro atoms. The van der Waals surface area contributed by atoms with Gasteiger partial charge < -0.3 is 15.6 Å². The summed E-state index contributed by atoms with van der Waals surface area (Å²) >= 11 is 1.38. The van der Waals surface area contributed by atoms with Crippen molar-refractivity contribution in [2.45, 2.75) is 51.1 Å². The van der Waals surface area contributed by atoms with Crippen molar-refractivity contribution in [1.29, 1.82) is 0 Å². The number of thiophene rings is 1.